The first kappa shape index (κ1) is 19.4. The van der Waals surface area contributed by atoms with Crippen LogP contribution < -0.4 is 10.9 Å². The number of fused-ring (bicyclic) bond motifs is 1. The number of aromatic hydroxyl groups is 1. The van der Waals surface area contributed by atoms with Crippen molar-refractivity contribution in [2.24, 2.45) is 0 Å². The van der Waals surface area contributed by atoms with Crippen molar-refractivity contribution in [2.75, 3.05) is 5.32 Å². The molecule has 0 aliphatic rings. The number of carbonyl (C=O) groups is 1. The van der Waals surface area contributed by atoms with E-state index in [1.807, 2.05) is 53.1 Å². The number of pyridine rings is 2. The fourth-order valence-corrected chi connectivity index (χ4v) is 3.39. The van der Waals surface area contributed by atoms with Gasteiger partial charge in [-0.15, -0.1) is 10.2 Å². The Morgan fingerprint density at radius 1 is 1.10 bits per heavy atom. The molecular formula is C22H21N5O3. The summed E-state index contributed by atoms with van der Waals surface area (Å²) in [5.74, 6) is 0.512. The van der Waals surface area contributed by atoms with Gasteiger partial charge in [-0.2, -0.15) is 0 Å². The number of carbonyl (C=O) groups excluding carboxylic acids is 1. The smallest absolute Gasteiger partial charge is 0.254 e. The number of amides is 1. The van der Waals surface area contributed by atoms with Crippen molar-refractivity contribution >= 4 is 17.2 Å². The number of nitrogens with one attached hydrogen (secondary N) is 1. The Kier molecular flexibility index (Phi) is 5.30. The van der Waals surface area contributed by atoms with Crippen molar-refractivity contribution in [1.29, 1.82) is 0 Å². The van der Waals surface area contributed by atoms with Crippen LogP contribution in [0.3, 0.4) is 0 Å². The highest BCUT2D eigenvalue weighted by Crippen LogP contribution is 2.22. The fourth-order valence-electron chi connectivity index (χ4n) is 3.39. The summed E-state index contributed by atoms with van der Waals surface area (Å²) in [5, 5.41) is 20.7. The molecule has 4 aromatic rings. The van der Waals surface area contributed by atoms with Gasteiger partial charge >= 0.3 is 0 Å². The predicted octanol–water partition coefficient (Wildman–Crippen LogP) is 2.99. The van der Waals surface area contributed by atoms with Crippen LogP contribution in [0.1, 0.15) is 18.5 Å². The molecule has 2 N–H and O–H groups in total. The topological polar surface area (TPSA) is 102 Å². The van der Waals surface area contributed by atoms with Gasteiger partial charge in [0, 0.05) is 42.2 Å². The van der Waals surface area contributed by atoms with Crippen molar-refractivity contribution in [3.63, 3.8) is 0 Å². The molecule has 0 saturated heterocycles. The van der Waals surface area contributed by atoms with E-state index in [2.05, 4.69) is 15.5 Å². The zero-order valence-corrected chi connectivity index (χ0v) is 16.4. The molecule has 3 aromatic heterocycles. The summed E-state index contributed by atoms with van der Waals surface area (Å²) >= 11 is 0. The van der Waals surface area contributed by atoms with E-state index in [4.69, 9.17) is 0 Å². The molecule has 30 heavy (non-hydrogen) atoms. The Morgan fingerprint density at radius 3 is 2.80 bits per heavy atom. The van der Waals surface area contributed by atoms with E-state index in [1.165, 1.54) is 12.1 Å². The van der Waals surface area contributed by atoms with Crippen molar-refractivity contribution in [1.82, 2.24) is 19.2 Å². The van der Waals surface area contributed by atoms with Crippen LogP contribution >= 0.6 is 0 Å². The highest BCUT2D eigenvalue weighted by atomic mass is 16.3. The second-order valence-electron chi connectivity index (χ2n) is 7.03. The van der Waals surface area contributed by atoms with Crippen LogP contribution in [0.5, 0.6) is 5.75 Å². The van der Waals surface area contributed by atoms with E-state index in [0.717, 1.165) is 11.2 Å². The minimum absolute atomic E-state index is 0.0492. The molecule has 8 heteroatoms. The van der Waals surface area contributed by atoms with Gasteiger partial charge in [0.05, 0.1) is 0 Å². The SMILES string of the molecule is Cc1cc(O)cc(=O)n1CCCC(=O)Nc1cccc(-c2nnc3ccccn23)c1. The molecule has 1 amide bonds. The predicted molar refractivity (Wildman–Crippen MR) is 113 cm³/mol. The number of aryl methyl sites for hydroxylation is 1. The number of anilines is 1. The molecule has 0 radical (unpaired) electrons. The third kappa shape index (κ3) is 4.07. The number of aromatic nitrogens is 4. The zero-order valence-electron chi connectivity index (χ0n) is 16.4. The largest absolute Gasteiger partial charge is 0.508 e. The molecule has 0 aliphatic carbocycles. The lowest BCUT2D eigenvalue weighted by atomic mass is 10.2. The molecular weight excluding hydrogens is 382 g/mol. The van der Waals surface area contributed by atoms with Crippen LogP contribution in [-0.2, 0) is 11.3 Å². The summed E-state index contributed by atoms with van der Waals surface area (Å²) in [5.41, 5.74) is 2.65. The van der Waals surface area contributed by atoms with E-state index in [-0.39, 0.29) is 23.6 Å². The van der Waals surface area contributed by atoms with Gasteiger partial charge in [0.15, 0.2) is 11.5 Å². The second-order valence-corrected chi connectivity index (χ2v) is 7.03. The molecule has 0 unspecified atom stereocenters. The molecule has 3 heterocycles. The maximum Gasteiger partial charge on any atom is 0.254 e. The van der Waals surface area contributed by atoms with Crippen LogP contribution in [0, 0.1) is 6.92 Å². The van der Waals surface area contributed by atoms with Gasteiger partial charge in [-0.25, -0.2) is 0 Å². The van der Waals surface area contributed by atoms with Gasteiger partial charge in [-0.05, 0) is 43.7 Å². The number of hydrogen-bond donors (Lipinski definition) is 2. The highest BCUT2D eigenvalue weighted by molar-refractivity contribution is 5.91. The number of benzene rings is 1. The Labute approximate surface area is 172 Å². The van der Waals surface area contributed by atoms with Crippen LogP contribution in [-0.4, -0.2) is 30.2 Å². The third-order valence-electron chi connectivity index (χ3n) is 4.82. The molecule has 1 aromatic carbocycles. The summed E-state index contributed by atoms with van der Waals surface area (Å²) in [7, 11) is 0. The van der Waals surface area contributed by atoms with Crippen molar-refractivity contribution in [3.8, 4) is 17.1 Å². The molecule has 152 valence electrons. The zero-order chi connectivity index (χ0) is 21.1. The van der Waals surface area contributed by atoms with E-state index in [9.17, 15) is 14.7 Å². The second kappa shape index (κ2) is 8.20. The minimum atomic E-state index is -0.277. The Hall–Kier alpha value is -3.94. The van der Waals surface area contributed by atoms with Gasteiger partial charge in [0.2, 0.25) is 5.91 Å². The van der Waals surface area contributed by atoms with Crippen molar-refractivity contribution in [2.45, 2.75) is 26.3 Å². The maximum absolute atomic E-state index is 12.4. The fraction of sp³-hybridized carbons (Fsp3) is 0.182. The molecule has 0 aliphatic heterocycles. The van der Waals surface area contributed by atoms with Crippen molar-refractivity contribution in [3.05, 3.63) is 76.8 Å². The van der Waals surface area contributed by atoms with Crippen LogP contribution in [0.25, 0.3) is 17.0 Å². The van der Waals surface area contributed by atoms with Gasteiger partial charge in [0.25, 0.3) is 5.56 Å². The standard InChI is InChI=1S/C22H21N5O3/c1-15-12-18(28)14-21(30)26(15)11-5-9-20(29)23-17-7-4-6-16(13-17)22-25-24-19-8-2-3-10-27(19)22/h2-4,6-8,10,12-14,28H,5,9,11H2,1H3,(H,23,29). The summed E-state index contributed by atoms with van der Waals surface area (Å²) in [6, 6.07) is 15.8. The first-order valence-electron chi connectivity index (χ1n) is 9.62. The van der Waals surface area contributed by atoms with E-state index in [1.54, 1.807) is 11.5 Å². The summed E-state index contributed by atoms with van der Waals surface area (Å²) < 4.78 is 3.43. The summed E-state index contributed by atoms with van der Waals surface area (Å²) in [4.78, 5) is 24.3. The average Bonchev–Trinajstić information content (AvgIpc) is 3.14. The van der Waals surface area contributed by atoms with Gasteiger partial charge in [-0.3, -0.25) is 14.0 Å². The van der Waals surface area contributed by atoms with E-state index >= 15 is 0 Å². The van der Waals surface area contributed by atoms with Crippen molar-refractivity contribution < 1.29 is 9.90 Å². The quantitative estimate of drug-likeness (QED) is 0.515. The third-order valence-corrected chi connectivity index (χ3v) is 4.82. The van der Waals surface area contributed by atoms with E-state index in [0.29, 0.717) is 30.2 Å². The Balaban J connectivity index is 1.41. The molecule has 0 fully saturated rings. The normalized spacial score (nSPS) is 11.0. The molecule has 0 saturated carbocycles. The molecule has 0 atom stereocenters. The molecule has 4 rings (SSSR count). The summed E-state index contributed by atoms with van der Waals surface area (Å²) in [6.45, 7) is 2.16. The number of hydrogen-bond acceptors (Lipinski definition) is 5. The van der Waals surface area contributed by atoms with Crippen LogP contribution in [0.2, 0.25) is 0 Å². The lowest BCUT2D eigenvalue weighted by Gasteiger charge is -2.10. The monoisotopic (exact) mass is 403 g/mol. The van der Waals surface area contributed by atoms with Gasteiger partial charge < -0.3 is 15.0 Å². The first-order valence-corrected chi connectivity index (χ1v) is 9.62. The number of rotatable bonds is 6. The lowest BCUT2D eigenvalue weighted by Crippen LogP contribution is -2.22. The van der Waals surface area contributed by atoms with E-state index < -0.39 is 0 Å². The molecule has 0 spiro atoms. The average molecular weight is 403 g/mol. The van der Waals surface area contributed by atoms with Gasteiger partial charge in [0.1, 0.15) is 5.75 Å². The van der Waals surface area contributed by atoms with Crippen LogP contribution in [0.15, 0.2) is 65.6 Å². The minimum Gasteiger partial charge on any atom is -0.508 e. The Morgan fingerprint density at radius 2 is 1.97 bits per heavy atom. The van der Waals surface area contributed by atoms with Crippen LogP contribution in [0.4, 0.5) is 5.69 Å². The van der Waals surface area contributed by atoms with Gasteiger partial charge in [-0.1, -0.05) is 18.2 Å². The Bertz CT molecular complexity index is 1280. The summed E-state index contributed by atoms with van der Waals surface area (Å²) in [6.07, 6.45) is 2.67. The number of nitrogens with zero attached hydrogens (tertiary/aromatic N) is 4. The lowest BCUT2D eigenvalue weighted by molar-refractivity contribution is -0.116. The highest BCUT2D eigenvalue weighted by Gasteiger charge is 2.10. The first-order chi connectivity index (χ1) is 14.5. The molecule has 8 nitrogen and oxygen atoms in total. The molecule has 0 bridgehead atoms. The maximum atomic E-state index is 12.4.